The molecule has 7 heteroatoms. The number of aryl methyl sites for hydroxylation is 1. The molecular weight excluding hydrogens is 344 g/mol. The molecule has 25 heavy (non-hydrogen) atoms. The SMILES string of the molecule is Cc1cc(Cl)ccc1OC(C)C(=O)N/N=C/c1ccc2c(c1)OCO2. The van der Waals surface area contributed by atoms with Crippen LogP contribution in [0.15, 0.2) is 41.5 Å². The minimum atomic E-state index is -0.700. The van der Waals surface area contributed by atoms with Crippen molar-refractivity contribution >= 4 is 23.7 Å². The van der Waals surface area contributed by atoms with Crippen LogP contribution in [-0.2, 0) is 4.79 Å². The number of amides is 1. The maximum atomic E-state index is 12.1. The molecule has 0 fully saturated rings. The zero-order chi connectivity index (χ0) is 17.8. The van der Waals surface area contributed by atoms with Crippen molar-refractivity contribution in [3.8, 4) is 17.2 Å². The first-order valence-corrected chi connectivity index (χ1v) is 8.06. The summed E-state index contributed by atoms with van der Waals surface area (Å²) in [6.45, 7) is 3.73. The summed E-state index contributed by atoms with van der Waals surface area (Å²) in [6, 6.07) is 10.6. The quantitative estimate of drug-likeness (QED) is 0.656. The first kappa shape index (κ1) is 17.1. The number of halogens is 1. The molecule has 1 unspecified atom stereocenters. The highest BCUT2D eigenvalue weighted by Gasteiger charge is 2.15. The molecule has 1 amide bonds. The average Bonchev–Trinajstić information content (AvgIpc) is 3.05. The van der Waals surface area contributed by atoms with Crippen molar-refractivity contribution < 1.29 is 19.0 Å². The van der Waals surface area contributed by atoms with Crippen LogP contribution in [0.4, 0.5) is 0 Å². The lowest BCUT2D eigenvalue weighted by Gasteiger charge is -2.14. The highest BCUT2D eigenvalue weighted by molar-refractivity contribution is 6.30. The number of rotatable bonds is 5. The maximum absolute atomic E-state index is 12.1. The topological polar surface area (TPSA) is 69.2 Å². The summed E-state index contributed by atoms with van der Waals surface area (Å²) >= 11 is 5.91. The average molecular weight is 361 g/mol. The number of fused-ring (bicyclic) bond motifs is 1. The highest BCUT2D eigenvalue weighted by atomic mass is 35.5. The largest absolute Gasteiger partial charge is 0.481 e. The van der Waals surface area contributed by atoms with Crippen LogP contribution < -0.4 is 19.6 Å². The molecule has 1 aliphatic heterocycles. The fraction of sp³-hybridized carbons (Fsp3) is 0.222. The summed E-state index contributed by atoms with van der Waals surface area (Å²) in [5.41, 5.74) is 4.10. The third-order valence-corrected chi connectivity index (χ3v) is 3.83. The van der Waals surface area contributed by atoms with E-state index in [1.54, 1.807) is 37.3 Å². The number of hydrogen-bond donors (Lipinski definition) is 1. The predicted octanol–water partition coefficient (Wildman–Crippen LogP) is 3.29. The molecule has 2 aromatic rings. The molecule has 0 radical (unpaired) electrons. The Morgan fingerprint density at radius 3 is 2.88 bits per heavy atom. The third kappa shape index (κ3) is 4.22. The Morgan fingerprint density at radius 2 is 2.08 bits per heavy atom. The standard InChI is InChI=1S/C18H17ClN2O4/c1-11-7-14(19)4-6-15(11)25-12(2)18(22)21-20-9-13-3-5-16-17(8-13)24-10-23-16/h3-9,12H,10H2,1-2H3,(H,21,22)/b20-9+. The van der Waals surface area contributed by atoms with Gasteiger partial charge in [-0.2, -0.15) is 5.10 Å². The molecule has 0 saturated heterocycles. The van der Waals surface area contributed by atoms with E-state index in [0.29, 0.717) is 22.3 Å². The molecule has 2 aromatic carbocycles. The van der Waals surface area contributed by atoms with Gasteiger partial charge in [-0.3, -0.25) is 4.79 Å². The van der Waals surface area contributed by atoms with E-state index in [9.17, 15) is 4.79 Å². The van der Waals surface area contributed by atoms with Crippen LogP contribution in [-0.4, -0.2) is 25.0 Å². The minimum Gasteiger partial charge on any atom is -0.481 e. The van der Waals surface area contributed by atoms with E-state index in [1.165, 1.54) is 6.21 Å². The van der Waals surface area contributed by atoms with E-state index in [0.717, 1.165) is 11.1 Å². The molecule has 1 atom stereocenters. The Hall–Kier alpha value is -2.73. The van der Waals surface area contributed by atoms with Crippen LogP contribution in [0.1, 0.15) is 18.1 Å². The minimum absolute atomic E-state index is 0.214. The lowest BCUT2D eigenvalue weighted by Crippen LogP contribution is -2.33. The predicted molar refractivity (Wildman–Crippen MR) is 94.6 cm³/mol. The second-order valence-corrected chi connectivity index (χ2v) is 5.95. The normalized spacial score (nSPS) is 13.7. The molecule has 3 rings (SSSR count). The molecule has 0 aromatic heterocycles. The number of carbonyl (C=O) groups excluding carboxylic acids is 1. The Bertz CT molecular complexity index is 823. The Kier molecular flexibility index (Phi) is 5.09. The van der Waals surface area contributed by atoms with E-state index in [-0.39, 0.29) is 12.7 Å². The van der Waals surface area contributed by atoms with Crippen molar-refractivity contribution in [2.24, 2.45) is 5.10 Å². The number of nitrogens with zero attached hydrogens (tertiary/aromatic N) is 1. The highest BCUT2D eigenvalue weighted by Crippen LogP contribution is 2.31. The molecule has 1 heterocycles. The van der Waals surface area contributed by atoms with Crippen molar-refractivity contribution in [3.05, 3.63) is 52.5 Å². The van der Waals surface area contributed by atoms with Crippen LogP contribution in [0.3, 0.4) is 0 Å². The first-order chi connectivity index (χ1) is 12.0. The molecule has 6 nitrogen and oxygen atoms in total. The number of benzene rings is 2. The van der Waals surface area contributed by atoms with Gasteiger partial charge in [0.15, 0.2) is 17.6 Å². The lowest BCUT2D eigenvalue weighted by atomic mass is 10.2. The Balaban J connectivity index is 1.56. The van der Waals surface area contributed by atoms with Gasteiger partial charge in [0.2, 0.25) is 6.79 Å². The van der Waals surface area contributed by atoms with Crippen molar-refractivity contribution in [2.45, 2.75) is 20.0 Å². The lowest BCUT2D eigenvalue weighted by molar-refractivity contribution is -0.127. The molecule has 0 aliphatic carbocycles. The summed E-state index contributed by atoms with van der Waals surface area (Å²) in [7, 11) is 0. The van der Waals surface area contributed by atoms with E-state index in [4.69, 9.17) is 25.8 Å². The van der Waals surface area contributed by atoms with Gasteiger partial charge in [-0.25, -0.2) is 5.43 Å². The van der Waals surface area contributed by atoms with Gasteiger partial charge in [0.25, 0.3) is 5.91 Å². The zero-order valence-electron chi connectivity index (χ0n) is 13.8. The van der Waals surface area contributed by atoms with Gasteiger partial charge in [-0.15, -0.1) is 0 Å². The van der Waals surface area contributed by atoms with E-state index in [2.05, 4.69) is 10.5 Å². The number of nitrogens with one attached hydrogen (secondary N) is 1. The smallest absolute Gasteiger partial charge is 0.280 e. The molecule has 1 aliphatic rings. The van der Waals surface area contributed by atoms with Crippen molar-refractivity contribution in [1.29, 1.82) is 0 Å². The van der Waals surface area contributed by atoms with Gasteiger partial charge in [0, 0.05) is 5.02 Å². The van der Waals surface area contributed by atoms with Crippen molar-refractivity contribution in [2.75, 3.05) is 6.79 Å². The Labute approximate surface area is 150 Å². The maximum Gasteiger partial charge on any atom is 0.280 e. The number of carbonyl (C=O) groups is 1. The van der Waals surface area contributed by atoms with E-state index < -0.39 is 6.10 Å². The molecular formula is C18H17ClN2O4. The fourth-order valence-electron chi connectivity index (χ4n) is 2.24. The van der Waals surface area contributed by atoms with Gasteiger partial charge in [0.05, 0.1) is 6.21 Å². The third-order valence-electron chi connectivity index (χ3n) is 3.59. The number of hydrogen-bond acceptors (Lipinski definition) is 5. The van der Waals surface area contributed by atoms with Crippen LogP contribution in [0.25, 0.3) is 0 Å². The summed E-state index contributed by atoms with van der Waals surface area (Å²) in [6.07, 6.45) is 0.828. The van der Waals surface area contributed by atoms with Gasteiger partial charge in [0.1, 0.15) is 5.75 Å². The molecule has 130 valence electrons. The van der Waals surface area contributed by atoms with E-state index in [1.807, 2.05) is 13.0 Å². The fourth-order valence-corrected chi connectivity index (χ4v) is 2.47. The van der Waals surface area contributed by atoms with Crippen LogP contribution >= 0.6 is 11.6 Å². The number of ether oxygens (including phenoxy) is 3. The number of hydrazone groups is 1. The first-order valence-electron chi connectivity index (χ1n) is 7.68. The van der Waals surface area contributed by atoms with Crippen molar-refractivity contribution in [1.82, 2.24) is 5.43 Å². The van der Waals surface area contributed by atoms with Gasteiger partial charge in [-0.1, -0.05) is 11.6 Å². The second kappa shape index (κ2) is 7.44. The van der Waals surface area contributed by atoms with Gasteiger partial charge >= 0.3 is 0 Å². The van der Waals surface area contributed by atoms with Crippen LogP contribution in [0.2, 0.25) is 5.02 Å². The van der Waals surface area contributed by atoms with Gasteiger partial charge in [-0.05, 0) is 61.4 Å². The molecule has 0 saturated carbocycles. The monoisotopic (exact) mass is 360 g/mol. The molecule has 0 spiro atoms. The Morgan fingerprint density at radius 1 is 1.28 bits per heavy atom. The van der Waals surface area contributed by atoms with Crippen molar-refractivity contribution in [3.63, 3.8) is 0 Å². The molecule has 0 bridgehead atoms. The summed E-state index contributed by atoms with van der Waals surface area (Å²) in [4.78, 5) is 12.1. The zero-order valence-corrected chi connectivity index (χ0v) is 14.5. The van der Waals surface area contributed by atoms with Crippen LogP contribution in [0.5, 0.6) is 17.2 Å². The van der Waals surface area contributed by atoms with Crippen LogP contribution in [0, 0.1) is 6.92 Å². The second-order valence-electron chi connectivity index (χ2n) is 5.52. The van der Waals surface area contributed by atoms with Gasteiger partial charge < -0.3 is 14.2 Å². The summed E-state index contributed by atoms with van der Waals surface area (Å²) in [5.74, 6) is 1.60. The summed E-state index contributed by atoms with van der Waals surface area (Å²) < 4.78 is 16.2. The molecule has 1 N–H and O–H groups in total. The summed E-state index contributed by atoms with van der Waals surface area (Å²) in [5, 5.41) is 4.56. The van der Waals surface area contributed by atoms with E-state index >= 15 is 0 Å².